The fourth-order valence-corrected chi connectivity index (χ4v) is 4.79. The second-order valence-corrected chi connectivity index (χ2v) is 7.46. The highest BCUT2D eigenvalue weighted by atomic mass is 32.2. The van der Waals surface area contributed by atoms with Crippen LogP contribution in [0.5, 0.6) is 0 Å². The molecule has 3 nitrogen and oxygen atoms in total. The van der Waals surface area contributed by atoms with Crippen molar-refractivity contribution in [3.8, 4) is 12.1 Å². The summed E-state index contributed by atoms with van der Waals surface area (Å²) in [6.07, 6.45) is 0. The summed E-state index contributed by atoms with van der Waals surface area (Å²) in [6.45, 7) is 5.58. The van der Waals surface area contributed by atoms with Crippen LogP contribution in [0.3, 0.4) is 0 Å². The van der Waals surface area contributed by atoms with Crippen molar-refractivity contribution in [1.29, 1.82) is 10.5 Å². The van der Waals surface area contributed by atoms with Gasteiger partial charge in [-0.15, -0.1) is 11.8 Å². The number of Topliss-reactive ketones (excluding diaryl/α,β-unsaturated/α-hetero) is 1. The van der Waals surface area contributed by atoms with Gasteiger partial charge in [0.25, 0.3) is 0 Å². The Bertz CT molecular complexity index is 993. The first-order valence-corrected chi connectivity index (χ1v) is 9.58. The SMILES string of the molecule is C=C(C(C)=O)[C@@H](c1ccccc1)[C@@H]1CSc2ccccc2C1=C(C#N)C#N. The molecule has 0 N–H and O–H groups in total. The van der Waals surface area contributed by atoms with Crippen LogP contribution in [0.15, 0.2) is 77.2 Å². The largest absolute Gasteiger partial charge is 0.295 e. The fourth-order valence-electron chi connectivity index (χ4n) is 3.56. The monoisotopic (exact) mass is 370 g/mol. The maximum atomic E-state index is 12.2. The molecular formula is C23H18N2OS. The number of nitrogens with zero attached hydrogens (tertiary/aromatic N) is 2. The van der Waals surface area contributed by atoms with Crippen molar-refractivity contribution >= 4 is 23.1 Å². The molecule has 3 rings (SSSR count). The average Bonchev–Trinajstić information content (AvgIpc) is 2.70. The Hall–Kier alpha value is -3.08. The van der Waals surface area contributed by atoms with E-state index in [-0.39, 0.29) is 23.2 Å². The highest BCUT2D eigenvalue weighted by Gasteiger charge is 2.36. The van der Waals surface area contributed by atoms with E-state index in [1.54, 1.807) is 11.8 Å². The number of hydrogen-bond acceptors (Lipinski definition) is 4. The predicted molar refractivity (Wildman–Crippen MR) is 108 cm³/mol. The molecule has 2 atom stereocenters. The van der Waals surface area contributed by atoms with E-state index in [2.05, 4.69) is 18.7 Å². The average molecular weight is 370 g/mol. The van der Waals surface area contributed by atoms with Gasteiger partial charge in [-0.1, -0.05) is 55.1 Å². The van der Waals surface area contributed by atoms with E-state index in [0.717, 1.165) is 16.0 Å². The van der Waals surface area contributed by atoms with Gasteiger partial charge in [-0.05, 0) is 35.3 Å². The predicted octanol–water partition coefficient (Wildman–Crippen LogP) is 5.14. The first kappa shape index (κ1) is 18.7. The lowest BCUT2D eigenvalue weighted by molar-refractivity contribution is -0.113. The van der Waals surface area contributed by atoms with Crippen LogP contribution in [0, 0.1) is 28.6 Å². The molecule has 0 aliphatic carbocycles. The zero-order chi connectivity index (χ0) is 19.4. The number of rotatable bonds is 4. The smallest absolute Gasteiger partial charge is 0.155 e. The molecule has 0 radical (unpaired) electrons. The minimum atomic E-state index is -0.281. The third-order valence-electron chi connectivity index (χ3n) is 4.85. The van der Waals surface area contributed by atoms with Gasteiger partial charge in [-0.2, -0.15) is 10.5 Å². The standard InChI is InChI=1S/C23H18N2OS/c1-15(16(2)26)22(17-8-4-3-5-9-17)20-14-27-21-11-7-6-10-19(21)23(20)18(12-24)13-25/h3-11,20,22H,1,14H2,2H3/t20-,22-/m0/s1. The molecule has 0 bridgehead atoms. The number of carbonyl (C=O) groups is 1. The highest BCUT2D eigenvalue weighted by molar-refractivity contribution is 7.99. The van der Waals surface area contributed by atoms with Crippen molar-refractivity contribution in [2.75, 3.05) is 5.75 Å². The van der Waals surface area contributed by atoms with Crippen LogP contribution in [0.1, 0.15) is 24.0 Å². The van der Waals surface area contributed by atoms with Crippen LogP contribution in [0.4, 0.5) is 0 Å². The normalized spacial score (nSPS) is 16.4. The lowest BCUT2D eigenvalue weighted by atomic mass is 9.74. The van der Waals surface area contributed by atoms with E-state index < -0.39 is 0 Å². The number of hydrogen-bond donors (Lipinski definition) is 0. The summed E-state index contributed by atoms with van der Waals surface area (Å²) in [5, 5.41) is 19.2. The Kier molecular flexibility index (Phi) is 5.60. The first-order chi connectivity index (χ1) is 13.1. The Labute approximate surface area is 163 Å². The molecule has 0 saturated carbocycles. The molecule has 0 saturated heterocycles. The van der Waals surface area contributed by atoms with Gasteiger partial charge in [0.05, 0.1) is 0 Å². The number of carbonyl (C=O) groups excluding carboxylic acids is 1. The van der Waals surface area contributed by atoms with Crippen LogP contribution < -0.4 is 0 Å². The molecule has 0 fully saturated rings. The molecule has 4 heteroatoms. The molecule has 132 valence electrons. The number of allylic oxidation sites excluding steroid dienone is 3. The van der Waals surface area contributed by atoms with Gasteiger partial charge in [0, 0.05) is 22.5 Å². The highest BCUT2D eigenvalue weighted by Crippen LogP contribution is 2.49. The van der Waals surface area contributed by atoms with Gasteiger partial charge in [-0.25, -0.2) is 0 Å². The Balaban J connectivity index is 2.24. The quantitative estimate of drug-likeness (QED) is 0.552. The van der Waals surface area contributed by atoms with Crippen LogP contribution in [-0.2, 0) is 4.79 Å². The van der Waals surface area contributed by atoms with Gasteiger partial charge < -0.3 is 0 Å². The molecular weight excluding hydrogens is 352 g/mol. The van der Waals surface area contributed by atoms with Crippen molar-refractivity contribution in [2.45, 2.75) is 17.7 Å². The van der Waals surface area contributed by atoms with E-state index in [9.17, 15) is 15.3 Å². The van der Waals surface area contributed by atoms with Crippen molar-refractivity contribution in [3.05, 3.63) is 83.4 Å². The molecule has 0 unspecified atom stereocenters. The van der Waals surface area contributed by atoms with Gasteiger partial charge >= 0.3 is 0 Å². The summed E-state index contributed by atoms with van der Waals surface area (Å²) in [5.74, 6) is 0.127. The number of ketones is 1. The van der Waals surface area contributed by atoms with Crippen molar-refractivity contribution in [3.63, 3.8) is 0 Å². The second-order valence-electron chi connectivity index (χ2n) is 6.40. The third kappa shape index (κ3) is 3.58. The molecule has 0 amide bonds. The van der Waals surface area contributed by atoms with E-state index in [1.807, 2.05) is 54.6 Å². The van der Waals surface area contributed by atoms with Crippen LogP contribution >= 0.6 is 11.8 Å². The number of nitriles is 2. The van der Waals surface area contributed by atoms with E-state index >= 15 is 0 Å². The minimum absolute atomic E-state index is 0.0810. The summed E-state index contributed by atoms with van der Waals surface area (Å²) < 4.78 is 0. The second kappa shape index (κ2) is 8.08. The molecule has 1 aliphatic rings. The summed E-state index contributed by atoms with van der Waals surface area (Å²) in [4.78, 5) is 13.3. The van der Waals surface area contributed by atoms with Crippen LogP contribution in [-0.4, -0.2) is 11.5 Å². The molecule has 2 aromatic carbocycles. The van der Waals surface area contributed by atoms with Crippen molar-refractivity contribution < 1.29 is 4.79 Å². The Morgan fingerprint density at radius 2 is 1.74 bits per heavy atom. The summed E-state index contributed by atoms with van der Waals surface area (Å²) >= 11 is 1.69. The lowest BCUT2D eigenvalue weighted by Crippen LogP contribution is -2.25. The van der Waals surface area contributed by atoms with Crippen LogP contribution in [0.25, 0.3) is 5.57 Å². The van der Waals surface area contributed by atoms with Crippen LogP contribution in [0.2, 0.25) is 0 Å². The maximum Gasteiger partial charge on any atom is 0.155 e. The van der Waals surface area contributed by atoms with E-state index in [0.29, 0.717) is 16.9 Å². The minimum Gasteiger partial charge on any atom is -0.295 e. The van der Waals surface area contributed by atoms with Gasteiger partial charge in [0.2, 0.25) is 0 Å². The number of thioether (sulfide) groups is 1. The first-order valence-electron chi connectivity index (χ1n) is 8.59. The summed E-state index contributed by atoms with van der Waals surface area (Å²) in [7, 11) is 0. The molecule has 0 spiro atoms. The molecule has 1 heterocycles. The molecule has 2 aromatic rings. The fraction of sp³-hybridized carbons (Fsp3) is 0.174. The zero-order valence-electron chi connectivity index (χ0n) is 15.0. The third-order valence-corrected chi connectivity index (χ3v) is 6.04. The van der Waals surface area contributed by atoms with Gasteiger partial charge in [0.15, 0.2) is 5.78 Å². The maximum absolute atomic E-state index is 12.2. The van der Waals surface area contributed by atoms with Crippen molar-refractivity contribution in [1.82, 2.24) is 0 Å². The number of benzene rings is 2. The molecule has 1 aliphatic heterocycles. The molecule has 27 heavy (non-hydrogen) atoms. The zero-order valence-corrected chi connectivity index (χ0v) is 15.8. The Morgan fingerprint density at radius 1 is 1.11 bits per heavy atom. The van der Waals surface area contributed by atoms with E-state index in [4.69, 9.17) is 0 Å². The topological polar surface area (TPSA) is 64.7 Å². The summed E-state index contributed by atoms with van der Waals surface area (Å²) in [5.41, 5.74) is 3.18. The summed E-state index contributed by atoms with van der Waals surface area (Å²) in [6, 6.07) is 21.7. The van der Waals surface area contributed by atoms with Gasteiger partial charge in [-0.3, -0.25) is 4.79 Å². The van der Waals surface area contributed by atoms with Crippen molar-refractivity contribution in [2.24, 2.45) is 5.92 Å². The number of fused-ring (bicyclic) bond motifs is 1. The molecule has 0 aromatic heterocycles. The Morgan fingerprint density at radius 3 is 2.37 bits per heavy atom. The van der Waals surface area contributed by atoms with Gasteiger partial charge in [0.1, 0.15) is 17.7 Å². The lowest BCUT2D eigenvalue weighted by Gasteiger charge is -2.34. The van der Waals surface area contributed by atoms with E-state index in [1.165, 1.54) is 6.92 Å².